The van der Waals surface area contributed by atoms with Gasteiger partial charge in [-0.05, 0) is 24.8 Å². The van der Waals surface area contributed by atoms with E-state index < -0.39 is 0 Å². The lowest BCUT2D eigenvalue weighted by Crippen LogP contribution is -2.16. The molecule has 0 spiro atoms. The first-order valence-corrected chi connectivity index (χ1v) is 8.04. The van der Waals surface area contributed by atoms with Gasteiger partial charge in [-0.3, -0.25) is 0 Å². The molecule has 1 aliphatic carbocycles. The minimum Gasteiger partial charge on any atom is -0.442 e. The van der Waals surface area contributed by atoms with E-state index in [9.17, 15) is 5.11 Å². The van der Waals surface area contributed by atoms with Crippen LogP contribution >= 0.6 is 0 Å². The highest BCUT2D eigenvalue weighted by atomic mass is 16.3. The fourth-order valence-electron chi connectivity index (χ4n) is 3.28. The topological polar surface area (TPSA) is 71.2 Å². The van der Waals surface area contributed by atoms with Crippen molar-refractivity contribution < 1.29 is 9.52 Å². The highest BCUT2D eigenvalue weighted by Crippen LogP contribution is 2.35. The van der Waals surface area contributed by atoms with E-state index in [1.54, 1.807) is 0 Å². The molecule has 1 aromatic carbocycles. The van der Waals surface area contributed by atoms with Crippen LogP contribution < -0.4 is 5.32 Å². The van der Waals surface area contributed by atoms with E-state index in [1.807, 2.05) is 30.3 Å². The van der Waals surface area contributed by atoms with Crippen molar-refractivity contribution in [3.05, 3.63) is 53.5 Å². The summed E-state index contributed by atoms with van der Waals surface area (Å²) in [6.45, 7) is -0.00441. The SMILES string of the molecule is OC[C@@H](Nc1ncnc2oc3c(c12)CCCC3)c1ccccc1. The second-order valence-corrected chi connectivity index (χ2v) is 5.90. The van der Waals surface area contributed by atoms with Gasteiger partial charge in [-0.25, -0.2) is 9.97 Å². The zero-order valence-electron chi connectivity index (χ0n) is 12.8. The summed E-state index contributed by atoms with van der Waals surface area (Å²) < 4.78 is 5.90. The van der Waals surface area contributed by atoms with E-state index in [1.165, 1.54) is 11.9 Å². The Balaban J connectivity index is 1.75. The molecule has 0 unspecified atom stereocenters. The molecule has 118 valence electrons. The number of nitrogens with zero attached hydrogens (tertiary/aromatic N) is 2. The number of aromatic nitrogens is 2. The summed E-state index contributed by atoms with van der Waals surface area (Å²) in [7, 11) is 0. The quantitative estimate of drug-likeness (QED) is 0.774. The molecular weight excluding hydrogens is 290 g/mol. The molecule has 4 rings (SSSR count). The zero-order chi connectivity index (χ0) is 15.6. The van der Waals surface area contributed by atoms with Crippen molar-refractivity contribution in [3.8, 4) is 0 Å². The van der Waals surface area contributed by atoms with Crippen LogP contribution in [0, 0.1) is 0 Å². The van der Waals surface area contributed by atoms with Crippen molar-refractivity contribution in [2.24, 2.45) is 0 Å². The van der Waals surface area contributed by atoms with Crippen LogP contribution in [-0.4, -0.2) is 21.7 Å². The minimum atomic E-state index is -0.205. The molecular formula is C18H19N3O2. The van der Waals surface area contributed by atoms with Gasteiger partial charge >= 0.3 is 0 Å². The van der Waals surface area contributed by atoms with Crippen LogP contribution in [0.3, 0.4) is 0 Å². The van der Waals surface area contributed by atoms with Gasteiger partial charge in [-0.15, -0.1) is 0 Å². The van der Waals surface area contributed by atoms with Crippen molar-refractivity contribution in [1.82, 2.24) is 9.97 Å². The molecule has 23 heavy (non-hydrogen) atoms. The summed E-state index contributed by atoms with van der Waals surface area (Å²) in [5.74, 6) is 1.78. The van der Waals surface area contributed by atoms with Gasteiger partial charge in [-0.1, -0.05) is 30.3 Å². The molecule has 0 amide bonds. The van der Waals surface area contributed by atoms with E-state index in [4.69, 9.17) is 4.42 Å². The lowest BCUT2D eigenvalue weighted by molar-refractivity contribution is 0.276. The number of fused-ring (bicyclic) bond motifs is 3. The Kier molecular flexibility index (Phi) is 3.71. The predicted molar refractivity (Wildman–Crippen MR) is 88.3 cm³/mol. The number of furan rings is 1. The molecule has 2 N–H and O–H groups in total. The maximum absolute atomic E-state index is 9.77. The predicted octanol–water partition coefficient (Wildman–Crippen LogP) is 3.25. The number of anilines is 1. The van der Waals surface area contributed by atoms with E-state index in [0.29, 0.717) is 5.71 Å². The van der Waals surface area contributed by atoms with Gasteiger partial charge < -0.3 is 14.8 Å². The first-order valence-electron chi connectivity index (χ1n) is 8.04. The van der Waals surface area contributed by atoms with Crippen molar-refractivity contribution in [2.75, 3.05) is 11.9 Å². The van der Waals surface area contributed by atoms with E-state index in [-0.39, 0.29) is 12.6 Å². The summed E-state index contributed by atoms with van der Waals surface area (Å²) in [6.07, 6.45) is 5.80. The van der Waals surface area contributed by atoms with Crippen LogP contribution in [-0.2, 0) is 12.8 Å². The van der Waals surface area contributed by atoms with Crippen LogP contribution in [0.5, 0.6) is 0 Å². The lowest BCUT2D eigenvalue weighted by atomic mass is 9.96. The van der Waals surface area contributed by atoms with Gasteiger partial charge in [-0.2, -0.15) is 0 Å². The second kappa shape index (κ2) is 6.01. The number of aliphatic hydroxyl groups is 1. The Labute approximate surface area is 134 Å². The first kappa shape index (κ1) is 14.2. The number of nitrogens with one attached hydrogen (secondary N) is 1. The Morgan fingerprint density at radius 2 is 1.96 bits per heavy atom. The molecule has 0 aliphatic heterocycles. The van der Waals surface area contributed by atoms with Crippen molar-refractivity contribution in [2.45, 2.75) is 31.7 Å². The van der Waals surface area contributed by atoms with Crippen LogP contribution in [0.4, 0.5) is 5.82 Å². The van der Waals surface area contributed by atoms with Gasteiger partial charge in [0, 0.05) is 12.0 Å². The van der Waals surface area contributed by atoms with Crippen LogP contribution in [0.15, 0.2) is 41.1 Å². The number of aryl methyl sites for hydroxylation is 2. The fourth-order valence-corrected chi connectivity index (χ4v) is 3.28. The average molecular weight is 309 g/mol. The Hall–Kier alpha value is -2.40. The van der Waals surface area contributed by atoms with Gasteiger partial charge in [0.15, 0.2) is 0 Å². The molecule has 0 saturated carbocycles. The van der Waals surface area contributed by atoms with Crippen LogP contribution in [0.1, 0.15) is 35.8 Å². The summed E-state index contributed by atoms with van der Waals surface area (Å²) in [6, 6.07) is 9.69. The zero-order valence-corrected chi connectivity index (χ0v) is 12.8. The largest absolute Gasteiger partial charge is 0.442 e. The van der Waals surface area contributed by atoms with Gasteiger partial charge in [0.1, 0.15) is 17.9 Å². The van der Waals surface area contributed by atoms with E-state index >= 15 is 0 Å². The van der Waals surface area contributed by atoms with Gasteiger partial charge in [0.25, 0.3) is 0 Å². The van der Waals surface area contributed by atoms with Crippen LogP contribution in [0.2, 0.25) is 0 Å². The Morgan fingerprint density at radius 1 is 1.13 bits per heavy atom. The molecule has 1 atom stereocenters. The summed E-state index contributed by atoms with van der Waals surface area (Å²) in [4.78, 5) is 8.68. The van der Waals surface area contributed by atoms with Crippen molar-refractivity contribution in [3.63, 3.8) is 0 Å². The minimum absolute atomic E-state index is 0.00441. The maximum atomic E-state index is 9.77. The Morgan fingerprint density at radius 3 is 2.78 bits per heavy atom. The molecule has 5 nitrogen and oxygen atoms in total. The molecule has 2 aromatic heterocycles. The number of hydrogen-bond donors (Lipinski definition) is 2. The number of aliphatic hydroxyl groups excluding tert-OH is 1. The standard InChI is InChI=1S/C18H19N3O2/c22-10-14(12-6-2-1-3-7-12)21-17-16-13-8-4-5-9-15(13)23-18(16)20-11-19-17/h1-3,6-7,11,14,22H,4-5,8-10H2,(H,19,20,21)/t14-/m1/s1. The Bertz CT molecular complexity index is 814. The fraction of sp³-hybridized carbons (Fsp3) is 0.333. The normalized spacial score (nSPS) is 15.3. The smallest absolute Gasteiger partial charge is 0.231 e. The molecule has 0 fully saturated rings. The number of rotatable bonds is 4. The summed E-state index contributed by atoms with van der Waals surface area (Å²) >= 11 is 0. The highest BCUT2D eigenvalue weighted by molar-refractivity contribution is 5.90. The van der Waals surface area contributed by atoms with Gasteiger partial charge in [0.05, 0.1) is 18.0 Å². The van der Waals surface area contributed by atoms with E-state index in [0.717, 1.165) is 48.2 Å². The second-order valence-electron chi connectivity index (χ2n) is 5.90. The molecule has 0 saturated heterocycles. The highest BCUT2D eigenvalue weighted by Gasteiger charge is 2.22. The van der Waals surface area contributed by atoms with Crippen LogP contribution in [0.25, 0.3) is 11.1 Å². The molecule has 0 radical (unpaired) electrons. The maximum Gasteiger partial charge on any atom is 0.231 e. The van der Waals surface area contributed by atoms with Crippen molar-refractivity contribution in [1.29, 1.82) is 0 Å². The monoisotopic (exact) mass is 309 g/mol. The summed E-state index contributed by atoms with van der Waals surface area (Å²) in [5.41, 5.74) is 2.89. The van der Waals surface area contributed by atoms with E-state index in [2.05, 4.69) is 15.3 Å². The average Bonchev–Trinajstić information content (AvgIpc) is 2.99. The molecule has 0 bridgehead atoms. The third-order valence-corrected chi connectivity index (χ3v) is 4.45. The molecule has 2 heterocycles. The van der Waals surface area contributed by atoms with Crippen molar-refractivity contribution >= 4 is 16.9 Å². The van der Waals surface area contributed by atoms with Gasteiger partial charge in [0.2, 0.25) is 5.71 Å². The molecule has 5 heteroatoms. The third kappa shape index (κ3) is 2.57. The lowest BCUT2D eigenvalue weighted by Gasteiger charge is -2.18. The third-order valence-electron chi connectivity index (χ3n) is 4.45. The number of hydrogen-bond acceptors (Lipinski definition) is 5. The first-order chi connectivity index (χ1) is 11.4. The molecule has 3 aromatic rings. The summed E-state index contributed by atoms with van der Waals surface area (Å²) in [5, 5.41) is 14.1. The molecule has 1 aliphatic rings. The number of benzene rings is 1.